The van der Waals surface area contributed by atoms with Crippen LogP contribution in [0.1, 0.15) is 89.7 Å². The van der Waals surface area contributed by atoms with Gasteiger partial charge < -0.3 is 9.11 Å². The molecule has 4 rings (SSSR count). The molecule has 0 fully saturated rings. The number of rotatable bonds is 14. The highest BCUT2D eigenvalue weighted by Crippen LogP contribution is 2.28. The molecule has 0 bridgehead atoms. The van der Waals surface area contributed by atoms with Gasteiger partial charge in [0.15, 0.2) is 0 Å². The molecule has 2 heterocycles. The maximum absolute atomic E-state index is 11.0. The summed E-state index contributed by atoms with van der Waals surface area (Å²) in [6.45, 7) is 4.52. The van der Waals surface area contributed by atoms with Crippen LogP contribution in [0.25, 0.3) is 10.8 Å². The number of imidazole rings is 2. The Morgan fingerprint density at radius 1 is 0.587 bits per heavy atom. The van der Waals surface area contributed by atoms with Crippen LogP contribution in [-0.4, -0.2) is 35.1 Å². The number of unbranched alkanes of at least 4 members (excludes halogenated alkanes) is 8. The van der Waals surface area contributed by atoms with Crippen LogP contribution in [0.5, 0.6) is 0 Å². The van der Waals surface area contributed by atoms with Gasteiger partial charge in [0.05, 0.1) is 38.0 Å². The van der Waals surface area contributed by atoms with Gasteiger partial charge >= 0.3 is 0 Å². The van der Waals surface area contributed by atoms with E-state index in [0.29, 0.717) is 0 Å². The van der Waals surface area contributed by atoms with Crippen molar-refractivity contribution in [3.63, 3.8) is 0 Å². The minimum absolute atomic E-state index is 0.0792. The zero-order valence-electron chi connectivity index (χ0n) is 28.3. The molecule has 12 heteroatoms. The Morgan fingerprint density at radius 2 is 0.935 bits per heavy atom. The second kappa shape index (κ2) is 18.9. The van der Waals surface area contributed by atoms with Gasteiger partial charge in [-0.05, 0) is 25.0 Å². The molecule has 0 saturated heterocycles. The topological polar surface area (TPSA) is 132 Å². The summed E-state index contributed by atoms with van der Waals surface area (Å²) in [5.74, 6) is 2.86. The van der Waals surface area contributed by atoms with Crippen molar-refractivity contribution >= 4 is 31.0 Å². The van der Waals surface area contributed by atoms with Crippen molar-refractivity contribution < 1.29 is 35.1 Å². The van der Waals surface area contributed by atoms with E-state index in [4.69, 9.17) is 0 Å². The first-order valence-corrected chi connectivity index (χ1v) is 19.0. The summed E-state index contributed by atoms with van der Waals surface area (Å²) in [7, 11) is -0.972. The summed E-state index contributed by atoms with van der Waals surface area (Å²) in [6.07, 6.45) is 24.6. The third kappa shape index (κ3) is 12.3. The van der Waals surface area contributed by atoms with Crippen molar-refractivity contribution in [2.24, 2.45) is 28.2 Å². The van der Waals surface area contributed by atoms with E-state index in [9.17, 15) is 25.9 Å². The van der Waals surface area contributed by atoms with Gasteiger partial charge in [-0.1, -0.05) is 89.5 Å². The molecule has 0 amide bonds. The van der Waals surface area contributed by atoms with Crippen LogP contribution < -0.4 is 9.13 Å². The molecule has 0 aliphatic heterocycles. The van der Waals surface area contributed by atoms with E-state index < -0.39 is 30.0 Å². The van der Waals surface area contributed by atoms with Crippen LogP contribution in [0.2, 0.25) is 0 Å². The van der Waals surface area contributed by atoms with Crippen molar-refractivity contribution in [1.82, 2.24) is 9.13 Å². The van der Waals surface area contributed by atoms with Crippen molar-refractivity contribution in [2.75, 3.05) is 0 Å². The molecule has 0 aliphatic rings. The van der Waals surface area contributed by atoms with Gasteiger partial charge in [0.25, 0.3) is 11.6 Å². The van der Waals surface area contributed by atoms with E-state index in [1.165, 1.54) is 113 Å². The van der Waals surface area contributed by atoms with Crippen molar-refractivity contribution in [1.29, 1.82) is 0 Å². The average Bonchev–Trinajstić information content (AvgIpc) is 3.50. The maximum Gasteiger partial charge on any atom is 0.255 e. The monoisotopic (exact) mass is 676 g/mol. The number of aryl methyl sites for hydroxylation is 4. The fourth-order valence-electron chi connectivity index (χ4n) is 5.41. The quantitative estimate of drug-likeness (QED) is 0.100. The number of benzene rings is 2. The minimum Gasteiger partial charge on any atom is -0.744 e. The molecular formula is C34H52N4O6S2. The van der Waals surface area contributed by atoms with E-state index >= 15 is 0 Å². The van der Waals surface area contributed by atoms with Gasteiger partial charge in [0, 0.05) is 23.6 Å². The van der Waals surface area contributed by atoms with E-state index in [1.807, 2.05) is 0 Å². The van der Waals surface area contributed by atoms with Crippen molar-refractivity contribution in [3.05, 3.63) is 72.8 Å². The predicted molar refractivity (Wildman–Crippen MR) is 178 cm³/mol. The van der Waals surface area contributed by atoms with Gasteiger partial charge in [0.1, 0.15) is 45.0 Å². The van der Waals surface area contributed by atoms with Gasteiger partial charge in [-0.3, -0.25) is 0 Å². The summed E-state index contributed by atoms with van der Waals surface area (Å²) in [4.78, 5) is -1.10. The first kappa shape index (κ1) is 39.1. The summed E-state index contributed by atoms with van der Waals surface area (Å²) in [5, 5.41) is -0.158. The average molecular weight is 677 g/mol. The molecule has 0 radical (unpaired) electrons. The normalized spacial score (nSPS) is 11.6. The largest absolute Gasteiger partial charge is 0.744 e. The lowest BCUT2D eigenvalue weighted by Gasteiger charge is -2.14. The van der Waals surface area contributed by atoms with E-state index in [-0.39, 0.29) is 10.8 Å². The smallest absolute Gasteiger partial charge is 0.255 e. The lowest BCUT2D eigenvalue weighted by Crippen LogP contribution is -2.31. The second-order valence-electron chi connectivity index (χ2n) is 11.7. The van der Waals surface area contributed by atoms with Crippen LogP contribution in [-0.2, 0) is 61.3 Å². The fraction of sp³-hybridized carbons (Fsp3) is 0.529. The molecule has 0 aliphatic carbocycles. The first-order chi connectivity index (χ1) is 21.7. The Morgan fingerprint density at radius 3 is 1.22 bits per heavy atom. The number of hydrogen-bond donors (Lipinski definition) is 0. The molecule has 0 unspecified atom stereocenters. The third-order valence-electron chi connectivity index (χ3n) is 8.04. The summed E-state index contributed by atoms with van der Waals surface area (Å²) >= 11 is 0. The van der Waals surface area contributed by atoms with E-state index in [0.717, 1.165) is 12.1 Å². The molecule has 2 aromatic carbocycles. The molecule has 0 saturated carbocycles. The van der Waals surface area contributed by atoms with Crippen LogP contribution in [0.15, 0.2) is 71.0 Å². The number of nitrogens with zero attached hydrogens (tertiary/aromatic N) is 4. The Hall–Kier alpha value is -3.06. The number of fused-ring (bicyclic) bond motifs is 1. The molecule has 0 spiro atoms. The highest BCUT2D eigenvalue weighted by atomic mass is 32.2. The Labute approximate surface area is 276 Å². The molecule has 256 valence electrons. The Bertz CT molecular complexity index is 1560. The molecule has 0 N–H and O–H groups in total. The van der Waals surface area contributed by atoms with Gasteiger partial charge in [-0.2, -0.15) is 0 Å². The molecule has 10 nitrogen and oxygen atoms in total. The van der Waals surface area contributed by atoms with Crippen LogP contribution >= 0.6 is 0 Å². The predicted octanol–water partition coefficient (Wildman–Crippen LogP) is 5.37. The summed E-state index contributed by atoms with van der Waals surface area (Å²) in [5.41, 5.74) is 0. The van der Waals surface area contributed by atoms with E-state index in [1.54, 1.807) is 0 Å². The number of hydrogen-bond acceptors (Lipinski definition) is 6. The summed E-state index contributed by atoms with van der Waals surface area (Å²) in [6, 6.07) is 7.09. The van der Waals surface area contributed by atoms with Gasteiger partial charge in [0.2, 0.25) is 0 Å². The minimum atomic E-state index is -4.74. The lowest BCUT2D eigenvalue weighted by atomic mass is 10.1. The van der Waals surface area contributed by atoms with Crippen molar-refractivity contribution in [2.45, 2.75) is 101 Å². The molecule has 4 aromatic rings. The zero-order valence-corrected chi connectivity index (χ0v) is 29.9. The first-order valence-electron chi connectivity index (χ1n) is 16.2. The highest BCUT2D eigenvalue weighted by Gasteiger charge is 2.13. The molecular weight excluding hydrogens is 625 g/mol. The van der Waals surface area contributed by atoms with Crippen LogP contribution in [0.3, 0.4) is 0 Å². The standard InChI is InChI=1S/2C12H23N2.C10H8O6S2/c2*1-4-5-6-7-8-9-12-13(2)10-11-14(12)3;11-17(12,13)9-5-1-3-7-8(9)4-2-6-10(7)18(14,15)16/h2*10-11H,4-9H2,1-3H3;1-6H,(H,11,12,13)(H,14,15,16)/q2*+1;/p-2. The van der Waals surface area contributed by atoms with Crippen molar-refractivity contribution in [3.8, 4) is 0 Å². The fourth-order valence-corrected chi connectivity index (χ4v) is 6.79. The third-order valence-corrected chi connectivity index (χ3v) is 9.83. The molecule has 2 aromatic heterocycles. The number of aromatic nitrogens is 4. The van der Waals surface area contributed by atoms with Gasteiger partial charge in [-0.15, -0.1) is 0 Å². The summed E-state index contributed by atoms with van der Waals surface area (Å²) < 4.78 is 75.0. The Balaban J connectivity index is 0.000000243. The highest BCUT2D eigenvalue weighted by molar-refractivity contribution is 7.86. The Kier molecular flexibility index (Phi) is 16.1. The SMILES string of the molecule is CCCCCCCc1n(C)cc[n+]1C.CCCCCCCc1n(C)cc[n+]1C.O=S(=O)([O-])c1cccc2c(S(=O)(=O)[O-])cccc12. The molecule has 0 atom stereocenters. The second-order valence-corrected chi connectivity index (χ2v) is 14.4. The lowest BCUT2D eigenvalue weighted by molar-refractivity contribution is -0.678. The van der Waals surface area contributed by atoms with E-state index in [2.05, 4.69) is 85.1 Å². The zero-order chi connectivity index (χ0) is 34.3. The van der Waals surface area contributed by atoms with Crippen LogP contribution in [0.4, 0.5) is 0 Å². The maximum atomic E-state index is 11.0. The van der Waals surface area contributed by atoms with Crippen LogP contribution in [0, 0.1) is 0 Å². The molecule has 46 heavy (non-hydrogen) atoms. The van der Waals surface area contributed by atoms with Gasteiger partial charge in [-0.25, -0.2) is 35.1 Å².